The molecule has 3 nitrogen and oxygen atoms in total. The molecule has 1 amide bonds. The summed E-state index contributed by atoms with van der Waals surface area (Å²) >= 11 is 3.42. The van der Waals surface area contributed by atoms with Crippen LogP contribution in [0.4, 0.5) is 5.69 Å². The molecule has 1 aromatic rings. The van der Waals surface area contributed by atoms with Crippen molar-refractivity contribution in [3.05, 3.63) is 28.2 Å². The number of Topliss-reactive ketones (excluding diaryl/α,β-unsaturated/α-hetero) is 1. The molecule has 0 saturated heterocycles. The van der Waals surface area contributed by atoms with Gasteiger partial charge in [-0.25, -0.2) is 0 Å². The molecule has 1 aliphatic rings. The molecule has 1 aliphatic heterocycles. The molecule has 0 N–H and O–H groups in total. The number of rotatable bonds is 2. The Balaban J connectivity index is 2.34. The molecule has 0 saturated carbocycles. The van der Waals surface area contributed by atoms with Crippen molar-refractivity contribution in [3.8, 4) is 0 Å². The van der Waals surface area contributed by atoms with Crippen LogP contribution < -0.4 is 4.90 Å². The van der Waals surface area contributed by atoms with E-state index in [1.165, 1.54) is 0 Å². The molecule has 0 atom stereocenters. The second-order valence-corrected chi connectivity index (χ2v) is 6.59. The third-order valence-electron chi connectivity index (χ3n) is 3.03. The van der Waals surface area contributed by atoms with Crippen molar-refractivity contribution >= 4 is 33.3 Å². The molecular weight excluding hydrogens is 294 g/mol. The number of hydrogen-bond acceptors (Lipinski definition) is 2. The van der Waals surface area contributed by atoms with Gasteiger partial charge in [0.25, 0.3) is 11.7 Å². The van der Waals surface area contributed by atoms with Gasteiger partial charge in [-0.3, -0.25) is 9.59 Å². The number of nitrogens with zero attached hydrogens (tertiary/aromatic N) is 1. The highest BCUT2D eigenvalue weighted by Gasteiger charge is 2.37. The predicted octanol–water partition coefficient (Wildman–Crippen LogP) is 3.41. The van der Waals surface area contributed by atoms with Gasteiger partial charge in [-0.05, 0) is 39.9 Å². The van der Waals surface area contributed by atoms with Crippen molar-refractivity contribution in [1.29, 1.82) is 0 Å². The standard InChI is InChI=1S/C14H16BrNO2/c1-14(2,3)7-8-16-11-9(12(17)13(16)18)5-4-6-10(11)15/h4-6H,7-8H2,1-3H3. The van der Waals surface area contributed by atoms with Gasteiger partial charge in [0.1, 0.15) is 0 Å². The molecule has 0 fully saturated rings. The maximum Gasteiger partial charge on any atom is 0.299 e. The number of hydrogen-bond donors (Lipinski definition) is 0. The minimum atomic E-state index is -0.416. The first-order chi connectivity index (χ1) is 8.31. The summed E-state index contributed by atoms with van der Waals surface area (Å²) in [4.78, 5) is 25.4. The van der Waals surface area contributed by atoms with Crippen LogP contribution in [-0.4, -0.2) is 18.2 Å². The largest absolute Gasteiger partial charge is 0.304 e. The van der Waals surface area contributed by atoms with E-state index >= 15 is 0 Å². The van der Waals surface area contributed by atoms with Crippen LogP contribution in [0.15, 0.2) is 22.7 Å². The van der Waals surface area contributed by atoms with Crippen LogP contribution in [-0.2, 0) is 4.79 Å². The number of benzene rings is 1. The number of fused-ring (bicyclic) bond motifs is 1. The Morgan fingerprint density at radius 1 is 1.22 bits per heavy atom. The predicted molar refractivity (Wildman–Crippen MR) is 74.9 cm³/mol. The molecule has 18 heavy (non-hydrogen) atoms. The summed E-state index contributed by atoms with van der Waals surface area (Å²) in [7, 11) is 0. The fraction of sp³-hybridized carbons (Fsp3) is 0.429. The van der Waals surface area contributed by atoms with E-state index in [1.807, 2.05) is 6.07 Å². The van der Waals surface area contributed by atoms with Crippen LogP contribution in [0.25, 0.3) is 0 Å². The second kappa shape index (κ2) is 4.50. The number of carbonyl (C=O) groups is 2. The molecule has 2 rings (SSSR count). The lowest BCUT2D eigenvalue weighted by molar-refractivity contribution is -0.114. The molecule has 1 aromatic carbocycles. The number of halogens is 1. The Hall–Kier alpha value is -1.16. The fourth-order valence-electron chi connectivity index (χ4n) is 1.97. The molecule has 0 spiro atoms. The maximum absolute atomic E-state index is 12.0. The van der Waals surface area contributed by atoms with Crippen molar-refractivity contribution in [2.45, 2.75) is 27.2 Å². The summed E-state index contributed by atoms with van der Waals surface area (Å²) < 4.78 is 0.799. The third kappa shape index (κ3) is 2.34. The first-order valence-electron chi connectivity index (χ1n) is 5.96. The van der Waals surface area contributed by atoms with Gasteiger partial charge in [-0.15, -0.1) is 0 Å². The summed E-state index contributed by atoms with van der Waals surface area (Å²) in [5.74, 6) is -0.818. The monoisotopic (exact) mass is 309 g/mol. The molecule has 1 heterocycles. The zero-order chi connectivity index (χ0) is 13.5. The van der Waals surface area contributed by atoms with Gasteiger partial charge < -0.3 is 4.90 Å². The first-order valence-corrected chi connectivity index (χ1v) is 6.75. The average Bonchev–Trinajstić information content (AvgIpc) is 2.51. The van der Waals surface area contributed by atoms with E-state index in [0.717, 1.165) is 16.6 Å². The zero-order valence-electron chi connectivity index (χ0n) is 10.8. The van der Waals surface area contributed by atoms with Gasteiger partial charge in [0.15, 0.2) is 0 Å². The lowest BCUT2D eigenvalue weighted by Crippen LogP contribution is -2.32. The third-order valence-corrected chi connectivity index (χ3v) is 3.67. The van der Waals surface area contributed by atoms with Gasteiger partial charge in [0, 0.05) is 11.0 Å². The lowest BCUT2D eigenvalue weighted by atomic mass is 9.92. The lowest BCUT2D eigenvalue weighted by Gasteiger charge is -2.24. The van der Waals surface area contributed by atoms with Crippen LogP contribution in [0.2, 0.25) is 0 Å². The Morgan fingerprint density at radius 3 is 2.50 bits per heavy atom. The summed E-state index contributed by atoms with van der Waals surface area (Å²) in [5, 5.41) is 0. The second-order valence-electron chi connectivity index (χ2n) is 5.73. The van der Waals surface area contributed by atoms with Gasteiger partial charge >= 0.3 is 0 Å². The molecule has 0 bridgehead atoms. The van der Waals surface area contributed by atoms with Crippen LogP contribution in [0.5, 0.6) is 0 Å². The number of carbonyl (C=O) groups excluding carboxylic acids is 2. The molecule has 0 aliphatic carbocycles. The Labute approximate surface area is 115 Å². The van der Waals surface area contributed by atoms with E-state index in [0.29, 0.717) is 12.1 Å². The fourth-order valence-corrected chi connectivity index (χ4v) is 2.55. The SMILES string of the molecule is CC(C)(C)CCN1C(=O)C(=O)c2cccc(Br)c21. The average molecular weight is 310 g/mol. The van der Waals surface area contributed by atoms with Crippen molar-refractivity contribution in [3.63, 3.8) is 0 Å². The zero-order valence-corrected chi connectivity index (χ0v) is 12.4. The normalized spacial score (nSPS) is 15.2. The Morgan fingerprint density at radius 2 is 1.89 bits per heavy atom. The van der Waals surface area contributed by atoms with Crippen LogP contribution >= 0.6 is 15.9 Å². The Kier molecular flexibility index (Phi) is 3.32. The number of para-hydroxylation sites is 1. The minimum Gasteiger partial charge on any atom is -0.304 e. The van der Waals surface area contributed by atoms with E-state index < -0.39 is 11.7 Å². The summed E-state index contributed by atoms with van der Waals surface area (Å²) in [5.41, 5.74) is 1.35. The van der Waals surface area contributed by atoms with Crippen molar-refractivity contribution in [1.82, 2.24) is 0 Å². The molecule has 96 valence electrons. The highest BCUT2D eigenvalue weighted by Crippen LogP contribution is 2.36. The summed E-state index contributed by atoms with van der Waals surface area (Å²) in [6, 6.07) is 5.34. The summed E-state index contributed by atoms with van der Waals surface area (Å²) in [6.45, 7) is 6.94. The van der Waals surface area contributed by atoms with E-state index in [9.17, 15) is 9.59 Å². The van der Waals surface area contributed by atoms with Crippen LogP contribution in [0.3, 0.4) is 0 Å². The van der Waals surface area contributed by atoms with Crippen LogP contribution in [0, 0.1) is 5.41 Å². The Bertz CT molecular complexity index is 517. The number of anilines is 1. The molecule has 4 heteroatoms. The smallest absolute Gasteiger partial charge is 0.299 e. The minimum absolute atomic E-state index is 0.132. The molecule has 0 radical (unpaired) electrons. The van der Waals surface area contributed by atoms with Gasteiger partial charge in [0.2, 0.25) is 0 Å². The maximum atomic E-state index is 12.0. The topological polar surface area (TPSA) is 37.4 Å². The molecular formula is C14H16BrNO2. The molecule has 0 unspecified atom stereocenters. The number of ketones is 1. The van der Waals surface area contributed by atoms with Crippen molar-refractivity contribution in [2.24, 2.45) is 5.41 Å². The van der Waals surface area contributed by atoms with Gasteiger partial charge in [-0.1, -0.05) is 26.8 Å². The van der Waals surface area contributed by atoms with Gasteiger partial charge in [-0.2, -0.15) is 0 Å². The van der Waals surface area contributed by atoms with Gasteiger partial charge in [0.05, 0.1) is 11.3 Å². The van der Waals surface area contributed by atoms with E-state index in [2.05, 4.69) is 36.7 Å². The number of amides is 1. The first kappa shape index (κ1) is 13.3. The van der Waals surface area contributed by atoms with Crippen molar-refractivity contribution in [2.75, 3.05) is 11.4 Å². The highest BCUT2D eigenvalue weighted by molar-refractivity contribution is 9.10. The quantitative estimate of drug-likeness (QED) is 0.785. The molecule has 0 aromatic heterocycles. The summed E-state index contributed by atoms with van der Waals surface area (Å²) in [6.07, 6.45) is 0.854. The van der Waals surface area contributed by atoms with E-state index in [1.54, 1.807) is 17.0 Å². The van der Waals surface area contributed by atoms with Crippen LogP contribution in [0.1, 0.15) is 37.6 Å². The highest BCUT2D eigenvalue weighted by atomic mass is 79.9. The van der Waals surface area contributed by atoms with E-state index in [4.69, 9.17) is 0 Å². The van der Waals surface area contributed by atoms with Crippen molar-refractivity contribution < 1.29 is 9.59 Å². The van der Waals surface area contributed by atoms with E-state index in [-0.39, 0.29) is 5.41 Å².